The fourth-order valence-corrected chi connectivity index (χ4v) is 4.58. The van der Waals surface area contributed by atoms with Crippen LogP contribution in [0.25, 0.3) is 0 Å². The van der Waals surface area contributed by atoms with Gasteiger partial charge in [0.05, 0.1) is 44.5 Å². The van der Waals surface area contributed by atoms with Gasteiger partial charge in [0.1, 0.15) is 6.61 Å². The van der Waals surface area contributed by atoms with Gasteiger partial charge in [-0.2, -0.15) is 0 Å². The number of hydrogen-bond acceptors (Lipinski definition) is 12. The third kappa shape index (κ3) is 12.2. The van der Waals surface area contributed by atoms with Crippen molar-refractivity contribution in [1.82, 2.24) is 5.32 Å². The number of nitrogens with two attached hydrogens (primary N) is 1. The van der Waals surface area contributed by atoms with Crippen LogP contribution in [0.15, 0.2) is 12.1 Å². The fraction of sp³-hybridized carbons (Fsp3) is 0.654. The number of carbonyl (C=O) groups is 3. The van der Waals surface area contributed by atoms with Gasteiger partial charge in [0.15, 0.2) is 23.3 Å². The van der Waals surface area contributed by atoms with Crippen molar-refractivity contribution in [2.75, 3.05) is 59.9 Å². The Labute approximate surface area is 237 Å². The number of fused-ring (bicyclic) bond motifs is 22. The van der Waals surface area contributed by atoms with E-state index in [4.69, 9.17) is 29.4 Å². The molecule has 2 aliphatic rings. The van der Waals surface area contributed by atoms with E-state index in [0.717, 1.165) is 19.3 Å². The Kier molecular flexibility index (Phi) is 16.1. The fourth-order valence-electron chi connectivity index (χ4n) is 3.69. The van der Waals surface area contributed by atoms with Crippen LogP contribution in [-0.4, -0.2) is 87.7 Å². The van der Waals surface area contributed by atoms with Crippen molar-refractivity contribution in [2.24, 2.45) is 5.73 Å². The average molecular weight is 586 g/mol. The van der Waals surface area contributed by atoms with Crippen molar-refractivity contribution in [3.63, 3.8) is 0 Å². The molecule has 2 heterocycles. The minimum atomic E-state index is -1.40. The molecule has 0 spiro atoms. The minimum Gasteiger partial charge on any atom is -0.493 e. The van der Waals surface area contributed by atoms with Crippen LogP contribution in [0, 0.1) is 10.1 Å². The number of nitrogens with one attached hydrogen (secondary N) is 1. The first kappa shape index (κ1) is 33.4. The van der Waals surface area contributed by atoms with Gasteiger partial charge < -0.3 is 34.7 Å². The molecule has 3 rings (SSSR count). The van der Waals surface area contributed by atoms with E-state index in [9.17, 15) is 24.5 Å². The lowest BCUT2D eigenvalue weighted by atomic mass is 10.1. The zero-order chi connectivity index (χ0) is 29.2. The maximum absolute atomic E-state index is 13.1. The average Bonchev–Trinajstić information content (AvgIpc) is 2.94. The number of thioether (sulfide) groups is 1. The molecule has 1 amide bonds. The van der Waals surface area contributed by atoms with Crippen LogP contribution < -0.4 is 20.5 Å². The largest absolute Gasteiger partial charge is 0.493 e. The highest BCUT2D eigenvalue weighted by atomic mass is 32.2. The molecule has 1 atom stereocenters. The minimum absolute atomic E-state index is 0.0116. The number of amides is 1. The highest BCUT2D eigenvalue weighted by Crippen LogP contribution is 2.36. The number of methoxy groups -OCH3 is 1. The summed E-state index contributed by atoms with van der Waals surface area (Å²) in [5, 5.41) is 13.7. The van der Waals surface area contributed by atoms with E-state index in [0.29, 0.717) is 44.6 Å². The molecule has 0 saturated carbocycles. The normalized spacial score (nSPS) is 19.5. The molecule has 0 saturated heterocycles. The number of nitrogens with zero attached hydrogens (tertiary/aromatic N) is 1. The van der Waals surface area contributed by atoms with E-state index in [2.05, 4.69) is 5.32 Å². The van der Waals surface area contributed by atoms with Crippen LogP contribution in [0.3, 0.4) is 0 Å². The van der Waals surface area contributed by atoms with Crippen LogP contribution in [0.1, 0.15) is 44.1 Å². The standard InChI is InChI=1S/C26H39N3O10S/c1-35-22-16-19-18-40-26(32)25(21(30)6-5-8-27)28-24(31)7-11-36-9-3-2-4-10-37-12-13-38-14-15-39-23(22)17-20(19)29(33)34/h16-17,25H,2-15,18,27H2,1H3,(H,28,31). The first-order valence-electron chi connectivity index (χ1n) is 13.3. The molecular formula is C26H39N3O10S. The molecule has 13 nitrogen and oxygen atoms in total. The Balaban J connectivity index is 2.20. The molecule has 2 bridgehead atoms. The van der Waals surface area contributed by atoms with Crippen LogP contribution in [0.4, 0.5) is 5.69 Å². The lowest BCUT2D eigenvalue weighted by molar-refractivity contribution is -0.385. The Hall–Kier alpha value is -2.78. The van der Waals surface area contributed by atoms with Crippen molar-refractivity contribution >= 4 is 34.3 Å². The first-order chi connectivity index (χ1) is 19.4. The van der Waals surface area contributed by atoms with Gasteiger partial charge in [-0.1, -0.05) is 11.8 Å². The van der Waals surface area contributed by atoms with Crippen LogP contribution in [0.2, 0.25) is 0 Å². The van der Waals surface area contributed by atoms with E-state index < -0.39 is 27.8 Å². The van der Waals surface area contributed by atoms with E-state index in [1.807, 2.05) is 0 Å². The molecule has 2 aliphatic heterocycles. The van der Waals surface area contributed by atoms with Gasteiger partial charge in [-0.15, -0.1) is 0 Å². The second-order valence-corrected chi connectivity index (χ2v) is 9.83. The van der Waals surface area contributed by atoms with Gasteiger partial charge in [0.25, 0.3) is 5.69 Å². The van der Waals surface area contributed by atoms with E-state index in [1.165, 1.54) is 19.2 Å². The van der Waals surface area contributed by atoms with Gasteiger partial charge >= 0.3 is 0 Å². The summed E-state index contributed by atoms with van der Waals surface area (Å²) < 4.78 is 27.5. The summed E-state index contributed by atoms with van der Waals surface area (Å²) in [7, 11) is 1.40. The lowest BCUT2D eigenvalue weighted by Crippen LogP contribution is -2.45. The van der Waals surface area contributed by atoms with Gasteiger partial charge in [-0.05, 0) is 38.3 Å². The number of nitro benzene ring substituents is 1. The van der Waals surface area contributed by atoms with Gasteiger partial charge in [0.2, 0.25) is 11.0 Å². The number of nitro groups is 1. The topological polar surface area (TPSA) is 179 Å². The maximum atomic E-state index is 13.1. The molecule has 0 fully saturated rings. The smallest absolute Gasteiger partial charge is 0.277 e. The van der Waals surface area contributed by atoms with Crippen molar-refractivity contribution in [1.29, 1.82) is 0 Å². The summed E-state index contributed by atoms with van der Waals surface area (Å²) in [6, 6.07) is 1.25. The molecule has 3 N–H and O–H groups in total. The van der Waals surface area contributed by atoms with Gasteiger partial charge in [-0.25, -0.2) is 0 Å². The van der Waals surface area contributed by atoms with Crippen LogP contribution in [-0.2, 0) is 34.3 Å². The molecule has 1 aromatic rings. The first-order valence-corrected chi connectivity index (χ1v) is 14.3. The molecule has 1 aromatic carbocycles. The van der Waals surface area contributed by atoms with E-state index in [1.54, 1.807) is 0 Å². The quantitative estimate of drug-likeness (QED) is 0.215. The van der Waals surface area contributed by atoms with Crippen molar-refractivity contribution in [3.8, 4) is 11.5 Å². The van der Waals surface area contributed by atoms with Crippen LogP contribution >= 0.6 is 11.8 Å². The molecular weight excluding hydrogens is 546 g/mol. The summed E-state index contributed by atoms with van der Waals surface area (Å²) in [5.74, 6) is -0.713. The summed E-state index contributed by atoms with van der Waals surface area (Å²) in [6.45, 7) is 2.64. The van der Waals surface area contributed by atoms with Crippen molar-refractivity contribution < 1.29 is 43.0 Å². The predicted octanol–water partition coefficient (Wildman–Crippen LogP) is 2.16. The molecule has 224 valence electrons. The zero-order valence-electron chi connectivity index (χ0n) is 22.9. The molecule has 40 heavy (non-hydrogen) atoms. The third-order valence-corrected chi connectivity index (χ3v) is 6.81. The SMILES string of the molecule is COc1cc2c([N+](=O)[O-])cc1OCCOCCOCCCCCOCCC(=O)NC(C(=O)CCCN)C(=O)SC2. The second-order valence-electron chi connectivity index (χ2n) is 8.85. The predicted molar refractivity (Wildman–Crippen MR) is 148 cm³/mol. The van der Waals surface area contributed by atoms with E-state index >= 15 is 0 Å². The summed E-state index contributed by atoms with van der Waals surface area (Å²) in [4.78, 5) is 49.5. The lowest BCUT2D eigenvalue weighted by Gasteiger charge is -2.17. The van der Waals surface area contributed by atoms with Gasteiger partial charge in [-0.3, -0.25) is 24.5 Å². The summed E-state index contributed by atoms with van der Waals surface area (Å²) >= 11 is 0.699. The van der Waals surface area contributed by atoms with Gasteiger partial charge in [0, 0.05) is 37.4 Å². The molecule has 0 aromatic heterocycles. The number of ketones is 1. The summed E-state index contributed by atoms with van der Waals surface area (Å²) in [6.07, 6.45) is 2.91. The monoisotopic (exact) mass is 585 g/mol. The summed E-state index contributed by atoms with van der Waals surface area (Å²) in [5.41, 5.74) is 5.42. The number of carbonyl (C=O) groups excluding carboxylic acids is 3. The highest BCUT2D eigenvalue weighted by molar-refractivity contribution is 8.13. The Morgan fingerprint density at radius 1 is 1.07 bits per heavy atom. The third-order valence-electron chi connectivity index (χ3n) is 5.83. The van der Waals surface area contributed by atoms with E-state index in [-0.39, 0.29) is 67.7 Å². The number of rotatable bonds is 6. The van der Waals surface area contributed by atoms with Crippen molar-refractivity contribution in [3.05, 3.63) is 27.8 Å². The molecule has 0 aliphatic carbocycles. The second kappa shape index (κ2) is 19.3. The number of Topliss-reactive ketones (excluding diaryl/α,β-unsaturated/α-hetero) is 1. The Morgan fingerprint density at radius 3 is 2.42 bits per heavy atom. The molecule has 1 unspecified atom stereocenters. The zero-order valence-corrected chi connectivity index (χ0v) is 23.7. The molecule has 0 radical (unpaired) electrons. The van der Waals surface area contributed by atoms with Crippen LogP contribution in [0.5, 0.6) is 11.5 Å². The maximum Gasteiger partial charge on any atom is 0.277 e. The number of benzene rings is 1. The molecule has 14 heteroatoms. The number of hydrogen-bond donors (Lipinski definition) is 2. The van der Waals surface area contributed by atoms with Crippen molar-refractivity contribution in [2.45, 2.75) is 50.3 Å². The number of ether oxygens (including phenoxy) is 5. The highest BCUT2D eigenvalue weighted by Gasteiger charge is 2.29. The Bertz CT molecular complexity index is 978. The Morgan fingerprint density at radius 2 is 1.75 bits per heavy atom.